The van der Waals surface area contributed by atoms with Crippen LogP contribution in [-0.2, 0) is 25.6 Å². The molecule has 1 aromatic carbocycles. The summed E-state index contributed by atoms with van der Waals surface area (Å²) in [4.78, 5) is 47.8. The number of carbonyl (C=O) groups excluding carboxylic acids is 4. The minimum Gasteiger partial charge on any atom is -0.508 e. The maximum absolute atomic E-state index is 12.7. The van der Waals surface area contributed by atoms with Crippen molar-refractivity contribution in [1.82, 2.24) is 16.0 Å². The quantitative estimate of drug-likeness (QED) is 0.366. The van der Waals surface area contributed by atoms with Crippen LogP contribution in [0.2, 0.25) is 0 Å². The molecule has 0 heterocycles. The fourth-order valence-corrected chi connectivity index (χ4v) is 2.45. The summed E-state index contributed by atoms with van der Waals surface area (Å²) >= 11 is 0. The van der Waals surface area contributed by atoms with Gasteiger partial charge in [-0.05, 0) is 23.6 Å². The molecule has 6 N–H and O–H groups in total. The van der Waals surface area contributed by atoms with Gasteiger partial charge in [-0.1, -0.05) is 32.9 Å². The summed E-state index contributed by atoms with van der Waals surface area (Å²) < 4.78 is 0. The molecule has 0 saturated heterocycles. The van der Waals surface area contributed by atoms with E-state index in [1.807, 2.05) is 0 Å². The third-order valence-electron chi connectivity index (χ3n) is 4.03. The Morgan fingerprint density at radius 3 is 2.14 bits per heavy atom. The number of amides is 4. The van der Waals surface area contributed by atoms with Crippen LogP contribution in [0, 0.1) is 5.92 Å². The zero-order valence-corrected chi connectivity index (χ0v) is 16.3. The minimum absolute atomic E-state index is 0.0738. The van der Waals surface area contributed by atoms with E-state index in [1.165, 1.54) is 12.1 Å². The summed E-state index contributed by atoms with van der Waals surface area (Å²) in [6.07, 6.45) is 0.357. The van der Waals surface area contributed by atoms with E-state index in [0.717, 1.165) is 0 Å². The molecule has 0 aromatic heterocycles. The fourth-order valence-electron chi connectivity index (χ4n) is 2.45. The Balaban J connectivity index is 2.96. The van der Waals surface area contributed by atoms with Gasteiger partial charge >= 0.3 is 0 Å². The molecule has 1 rings (SSSR count). The molecule has 4 amide bonds. The van der Waals surface area contributed by atoms with Crippen LogP contribution in [0.4, 0.5) is 0 Å². The van der Waals surface area contributed by atoms with Crippen molar-refractivity contribution in [2.45, 2.75) is 45.7 Å². The maximum atomic E-state index is 12.7. The highest BCUT2D eigenvalue weighted by molar-refractivity contribution is 5.93. The molecule has 0 fully saturated rings. The number of phenolic OH excluding ortho intramolecular Hbond substituents is 1. The molecule has 9 heteroatoms. The van der Waals surface area contributed by atoms with Crippen LogP contribution in [0.25, 0.3) is 0 Å². The topological polar surface area (TPSA) is 151 Å². The summed E-state index contributed by atoms with van der Waals surface area (Å²) in [5, 5.41) is 17.0. The molecule has 0 spiro atoms. The highest BCUT2D eigenvalue weighted by Gasteiger charge is 2.28. The standard InChI is InChI=1S/C19H28N4O5/c1-4-16(26)23-17(11(2)3)19(28)22-14(18(27)21-10-15(20)25)9-12-5-7-13(24)8-6-12/h5-8,11,14,17,24H,4,9-10H2,1-3H3,(H2,20,25)(H,21,27)(H,22,28)(H,23,26)/t14-,17?/m0/s1. The van der Waals surface area contributed by atoms with Crippen molar-refractivity contribution in [2.75, 3.05) is 6.54 Å². The van der Waals surface area contributed by atoms with E-state index in [4.69, 9.17) is 5.73 Å². The van der Waals surface area contributed by atoms with Crippen LogP contribution in [0.15, 0.2) is 24.3 Å². The van der Waals surface area contributed by atoms with Gasteiger partial charge in [0.05, 0.1) is 6.54 Å². The average Bonchev–Trinajstić information content (AvgIpc) is 2.64. The zero-order chi connectivity index (χ0) is 21.3. The van der Waals surface area contributed by atoms with Crippen molar-refractivity contribution in [3.63, 3.8) is 0 Å². The van der Waals surface area contributed by atoms with Gasteiger partial charge in [0.2, 0.25) is 23.6 Å². The molecular formula is C19H28N4O5. The number of hydrogen-bond donors (Lipinski definition) is 5. The number of nitrogens with one attached hydrogen (secondary N) is 3. The highest BCUT2D eigenvalue weighted by atomic mass is 16.3. The number of benzene rings is 1. The molecule has 0 aliphatic carbocycles. The smallest absolute Gasteiger partial charge is 0.243 e. The van der Waals surface area contributed by atoms with Gasteiger partial charge < -0.3 is 26.8 Å². The second-order valence-corrected chi connectivity index (χ2v) is 6.76. The first-order valence-corrected chi connectivity index (χ1v) is 9.07. The van der Waals surface area contributed by atoms with Crippen molar-refractivity contribution >= 4 is 23.6 Å². The van der Waals surface area contributed by atoms with Gasteiger partial charge in [0, 0.05) is 12.8 Å². The molecule has 1 unspecified atom stereocenters. The maximum Gasteiger partial charge on any atom is 0.243 e. The molecule has 0 radical (unpaired) electrons. The third-order valence-corrected chi connectivity index (χ3v) is 4.03. The molecule has 154 valence electrons. The molecule has 1 aromatic rings. The summed E-state index contributed by atoms with van der Waals surface area (Å²) in [6, 6.07) is 4.38. The number of nitrogens with two attached hydrogens (primary N) is 1. The Hall–Kier alpha value is -3.10. The van der Waals surface area contributed by atoms with Gasteiger partial charge in [0.25, 0.3) is 0 Å². The van der Waals surface area contributed by atoms with Crippen LogP contribution < -0.4 is 21.7 Å². The van der Waals surface area contributed by atoms with Gasteiger partial charge in [0.1, 0.15) is 17.8 Å². The summed E-state index contributed by atoms with van der Waals surface area (Å²) in [7, 11) is 0. The third kappa shape index (κ3) is 7.65. The Morgan fingerprint density at radius 2 is 1.64 bits per heavy atom. The first kappa shape index (κ1) is 22.9. The van der Waals surface area contributed by atoms with Crippen molar-refractivity contribution < 1.29 is 24.3 Å². The van der Waals surface area contributed by atoms with Gasteiger partial charge in [-0.15, -0.1) is 0 Å². The Morgan fingerprint density at radius 1 is 1.04 bits per heavy atom. The average molecular weight is 392 g/mol. The van der Waals surface area contributed by atoms with Crippen LogP contribution in [0.5, 0.6) is 5.75 Å². The largest absolute Gasteiger partial charge is 0.508 e. The van der Waals surface area contributed by atoms with Crippen molar-refractivity contribution in [3.8, 4) is 5.75 Å². The van der Waals surface area contributed by atoms with Gasteiger partial charge in [-0.25, -0.2) is 0 Å². The lowest BCUT2D eigenvalue weighted by molar-refractivity contribution is -0.133. The molecule has 2 atom stereocenters. The number of primary amides is 1. The molecule has 0 bridgehead atoms. The second-order valence-electron chi connectivity index (χ2n) is 6.76. The normalized spacial score (nSPS) is 12.7. The second kappa shape index (κ2) is 10.9. The van der Waals surface area contributed by atoms with Gasteiger partial charge in [-0.3, -0.25) is 19.2 Å². The van der Waals surface area contributed by atoms with E-state index in [-0.39, 0.29) is 37.0 Å². The molecule has 0 aliphatic heterocycles. The van der Waals surface area contributed by atoms with Crippen LogP contribution in [-0.4, -0.2) is 47.4 Å². The summed E-state index contributed by atoms with van der Waals surface area (Å²) in [6.45, 7) is 4.88. The van der Waals surface area contributed by atoms with Crippen molar-refractivity contribution in [2.24, 2.45) is 11.7 Å². The summed E-state index contributed by atoms with van der Waals surface area (Å²) in [5.41, 5.74) is 5.74. The molecule has 0 saturated carbocycles. The van der Waals surface area contributed by atoms with Crippen molar-refractivity contribution in [1.29, 1.82) is 0 Å². The van der Waals surface area contributed by atoms with Gasteiger partial charge in [0.15, 0.2) is 0 Å². The first-order valence-electron chi connectivity index (χ1n) is 9.07. The predicted molar refractivity (Wildman–Crippen MR) is 103 cm³/mol. The minimum atomic E-state index is -0.990. The van der Waals surface area contributed by atoms with E-state index in [2.05, 4.69) is 16.0 Å². The zero-order valence-electron chi connectivity index (χ0n) is 16.3. The van der Waals surface area contributed by atoms with Crippen LogP contribution in [0.1, 0.15) is 32.8 Å². The number of hydrogen-bond acceptors (Lipinski definition) is 5. The van der Waals surface area contributed by atoms with E-state index in [0.29, 0.717) is 5.56 Å². The van der Waals surface area contributed by atoms with Crippen molar-refractivity contribution in [3.05, 3.63) is 29.8 Å². The Labute approximate surface area is 164 Å². The number of rotatable bonds is 10. The Bertz CT molecular complexity index is 703. The molecule has 9 nitrogen and oxygen atoms in total. The number of phenols is 1. The fraction of sp³-hybridized carbons (Fsp3) is 0.474. The predicted octanol–water partition coefficient (Wildman–Crippen LogP) is -0.428. The lowest BCUT2D eigenvalue weighted by Crippen LogP contribution is -2.56. The molecular weight excluding hydrogens is 364 g/mol. The van der Waals surface area contributed by atoms with E-state index in [9.17, 15) is 24.3 Å². The number of aromatic hydroxyl groups is 1. The van der Waals surface area contributed by atoms with E-state index in [1.54, 1.807) is 32.9 Å². The van der Waals surface area contributed by atoms with Gasteiger partial charge in [-0.2, -0.15) is 0 Å². The van der Waals surface area contributed by atoms with E-state index >= 15 is 0 Å². The van der Waals surface area contributed by atoms with Crippen LogP contribution >= 0.6 is 0 Å². The highest BCUT2D eigenvalue weighted by Crippen LogP contribution is 2.12. The lowest BCUT2D eigenvalue weighted by Gasteiger charge is -2.25. The molecule has 28 heavy (non-hydrogen) atoms. The SMILES string of the molecule is CCC(=O)NC(C(=O)N[C@@H](Cc1ccc(O)cc1)C(=O)NCC(N)=O)C(C)C. The van der Waals surface area contributed by atoms with Crippen LogP contribution in [0.3, 0.4) is 0 Å². The monoisotopic (exact) mass is 392 g/mol. The first-order chi connectivity index (χ1) is 13.1. The van der Waals surface area contributed by atoms with E-state index < -0.39 is 29.8 Å². The number of carbonyl (C=O) groups is 4. The molecule has 0 aliphatic rings. The summed E-state index contributed by atoms with van der Waals surface area (Å²) in [5.74, 6) is -2.19. The Kier molecular flexibility index (Phi) is 8.94. The lowest BCUT2D eigenvalue weighted by atomic mass is 10.0.